The first-order valence-electron chi connectivity index (χ1n) is 12.8. The van der Waals surface area contributed by atoms with Gasteiger partial charge in [-0.05, 0) is 80.6 Å². The van der Waals surface area contributed by atoms with E-state index in [4.69, 9.17) is 4.74 Å². The Bertz CT molecular complexity index is 1140. The van der Waals surface area contributed by atoms with Crippen LogP contribution in [-0.2, 0) is 0 Å². The first-order valence-corrected chi connectivity index (χ1v) is 12.8. The predicted molar refractivity (Wildman–Crippen MR) is 145 cm³/mol. The second-order valence-electron chi connectivity index (χ2n) is 9.91. The van der Waals surface area contributed by atoms with Gasteiger partial charge in [0.2, 0.25) is 0 Å². The zero-order valence-corrected chi connectivity index (χ0v) is 21.5. The van der Waals surface area contributed by atoms with E-state index < -0.39 is 12.2 Å². The number of ether oxygens (including phenoxy) is 1. The van der Waals surface area contributed by atoms with Gasteiger partial charge >= 0.3 is 0 Å². The lowest BCUT2D eigenvalue weighted by Crippen LogP contribution is -2.54. The number of benzene rings is 2. The summed E-state index contributed by atoms with van der Waals surface area (Å²) in [4.78, 5) is 6.86. The van der Waals surface area contributed by atoms with Crippen molar-refractivity contribution in [2.45, 2.75) is 44.1 Å². The van der Waals surface area contributed by atoms with E-state index in [0.717, 1.165) is 47.3 Å². The molecule has 0 radical (unpaired) electrons. The van der Waals surface area contributed by atoms with E-state index in [0.29, 0.717) is 11.8 Å². The zero-order valence-electron chi connectivity index (χ0n) is 21.5. The third-order valence-corrected chi connectivity index (χ3v) is 7.89. The Morgan fingerprint density at radius 1 is 1.17 bits per heavy atom. The smallest absolute Gasteiger partial charge is 0.119 e. The minimum Gasteiger partial charge on any atom is -0.497 e. The second kappa shape index (κ2) is 12.0. The van der Waals surface area contributed by atoms with Crippen LogP contribution in [0.2, 0.25) is 0 Å². The minimum absolute atomic E-state index is 0.0902. The van der Waals surface area contributed by atoms with E-state index in [9.17, 15) is 10.2 Å². The van der Waals surface area contributed by atoms with Gasteiger partial charge in [-0.3, -0.25) is 9.88 Å². The zero-order chi connectivity index (χ0) is 25.7. The third-order valence-electron chi connectivity index (χ3n) is 7.89. The van der Waals surface area contributed by atoms with Gasteiger partial charge in [-0.15, -0.1) is 6.58 Å². The highest BCUT2D eigenvalue weighted by molar-refractivity contribution is 5.84. The van der Waals surface area contributed by atoms with Crippen LogP contribution in [0.15, 0.2) is 73.4 Å². The number of piperidine rings is 3. The van der Waals surface area contributed by atoms with E-state index in [1.807, 2.05) is 68.6 Å². The number of aliphatic hydroxyl groups excluding tert-OH is 2. The van der Waals surface area contributed by atoms with Crippen LogP contribution in [0.4, 0.5) is 0 Å². The second-order valence-corrected chi connectivity index (χ2v) is 9.91. The molecule has 36 heavy (non-hydrogen) atoms. The third kappa shape index (κ3) is 5.62. The summed E-state index contributed by atoms with van der Waals surface area (Å²) < 4.78 is 5.35. The van der Waals surface area contributed by atoms with Gasteiger partial charge in [-0.2, -0.15) is 0 Å². The van der Waals surface area contributed by atoms with Gasteiger partial charge in [-0.25, -0.2) is 0 Å². The van der Waals surface area contributed by atoms with Crippen molar-refractivity contribution in [3.05, 3.63) is 84.6 Å². The molecular weight excluding hydrogens is 450 g/mol. The molecule has 3 aliphatic heterocycles. The largest absolute Gasteiger partial charge is 0.497 e. The lowest BCUT2D eigenvalue weighted by Gasteiger charge is -2.50. The van der Waals surface area contributed by atoms with E-state index >= 15 is 0 Å². The Labute approximate surface area is 214 Å². The number of hydrogen-bond donors (Lipinski definition) is 3. The van der Waals surface area contributed by atoms with Crippen LogP contribution in [0.5, 0.6) is 5.75 Å². The number of aromatic nitrogens is 1. The number of rotatable bonds is 7. The van der Waals surface area contributed by atoms with Gasteiger partial charge < -0.3 is 20.3 Å². The summed E-state index contributed by atoms with van der Waals surface area (Å²) in [6.45, 7) is 8.02. The van der Waals surface area contributed by atoms with E-state index in [-0.39, 0.29) is 12.1 Å². The molecule has 6 rings (SSSR count). The molecule has 0 unspecified atom stereocenters. The van der Waals surface area contributed by atoms with Crippen molar-refractivity contribution in [1.29, 1.82) is 0 Å². The molecule has 7 atom stereocenters. The monoisotopic (exact) mass is 489 g/mol. The van der Waals surface area contributed by atoms with Gasteiger partial charge in [-0.1, -0.05) is 36.4 Å². The molecule has 2 bridgehead atoms. The van der Waals surface area contributed by atoms with Crippen LogP contribution in [0.1, 0.15) is 43.1 Å². The number of nitrogens with zero attached hydrogens (tertiary/aromatic N) is 2. The SMILES string of the molecule is C=C[C@H]1C[N@]2CC[C@H]1C[C@@H]2[C@@H](O)c1ccnc2ccc(OC)cc12.CN[C@@H](C)[C@H](O)c1ccccc1. The van der Waals surface area contributed by atoms with Crippen LogP contribution in [0, 0.1) is 11.8 Å². The average Bonchev–Trinajstić information content (AvgIpc) is 2.96. The maximum Gasteiger partial charge on any atom is 0.119 e. The standard InChI is InChI=1S/C20H24N2O2.C10H15NO/c1-3-13-12-22-9-7-14(13)10-19(22)20(23)16-6-8-21-18-5-4-15(24-2)11-17(16)18;1-8(11-2)10(12)9-6-4-3-5-7-9/h3-6,8,11,13-14,19-20,23H,1,7,9-10,12H2,2H3;3-8,10-12H,1-2H3/t13-,14-,19+,20-;8-,10-/m00/s1. The highest BCUT2D eigenvalue weighted by atomic mass is 16.5. The lowest BCUT2D eigenvalue weighted by molar-refractivity contribution is -0.0444. The number of fused-ring (bicyclic) bond motifs is 4. The minimum atomic E-state index is -0.504. The number of likely N-dealkylation sites (N-methyl/N-ethyl adjacent to an activating group) is 1. The number of pyridine rings is 1. The fraction of sp³-hybridized carbons (Fsp3) is 0.433. The van der Waals surface area contributed by atoms with Crippen LogP contribution in [0.25, 0.3) is 10.9 Å². The molecule has 0 amide bonds. The van der Waals surface area contributed by atoms with Crippen LogP contribution >= 0.6 is 0 Å². The summed E-state index contributed by atoms with van der Waals surface area (Å²) in [5, 5.41) is 24.9. The van der Waals surface area contributed by atoms with E-state index in [1.54, 1.807) is 13.3 Å². The Morgan fingerprint density at radius 3 is 2.58 bits per heavy atom. The van der Waals surface area contributed by atoms with Crippen LogP contribution in [-0.4, -0.2) is 59.4 Å². The fourth-order valence-electron chi connectivity index (χ4n) is 5.54. The maximum absolute atomic E-state index is 11.2. The summed E-state index contributed by atoms with van der Waals surface area (Å²) in [7, 11) is 3.51. The summed E-state index contributed by atoms with van der Waals surface area (Å²) in [6.07, 6.45) is 5.20. The lowest BCUT2D eigenvalue weighted by atomic mass is 9.73. The normalized spacial score (nSPS) is 25.4. The molecule has 3 saturated heterocycles. The average molecular weight is 490 g/mol. The predicted octanol–water partition coefficient (Wildman–Crippen LogP) is 4.50. The Morgan fingerprint density at radius 2 is 1.94 bits per heavy atom. The van der Waals surface area contributed by atoms with Gasteiger partial charge in [0.25, 0.3) is 0 Å². The summed E-state index contributed by atoms with van der Waals surface area (Å²) >= 11 is 0. The highest BCUT2D eigenvalue weighted by Gasteiger charge is 2.42. The molecule has 0 aliphatic carbocycles. The number of nitrogens with one attached hydrogen (secondary N) is 1. The summed E-state index contributed by atoms with van der Waals surface area (Å²) in [5.74, 6) is 2.01. The molecular formula is C30H39N3O3. The Balaban J connectivity index is 0.000000214. The Hall–Kier alpha value is -2.77. The maximum atomic E-state index is 11.2. The quantitative estimate of drug-likeness (QED) is 0.424. The van der Waals surface area contributed by atoms with Crippen molar-refractivity contribution in [2.24, 2.45) is 11.8 Å². The van der Waals surface area contributed by atoms with Crippen molar-refractivity contribution in [2.75, 3.05) is 27.2 Å². The first-order chi connectivity index (χ1) is 17.5. The molecule has 0 saturated carbocycles. The molecule has 3 N–H and O–H groups in total. The molecule has 0 spiro atoms. The van der Waals surface area contributed by atoms with Crippen molar-refractivity contribution < 1.29 is 14.9 Å². The molecule has 6 nitrogen and oxygen atoms in total. The highest BCUT2D eigenvalue weighted by Crippen LogP contribution is 2.42. The molecule has 3 fully saturated rings. The van der Waals surface area contributed by atoms with Crippen molar-refractivity contribution in [3.63, 3.8) is 0 Å². The molecule has 6 heteroatoms. The van der Waals surface area contributed by atoms with Gasteiger partial charge in [0.15, 0.2) is 0 Å². The number of hydrogen-bond acceptors (Lipinski definition) is 6. The first kappa shape index (κ1) is 26.3. The van der Waals surface area contributed by atoms with Crippen LogP contribution < -0.4 is 10.1 Å². The van der Waals surface area contributed by atoms with Crippen LogP contribution in [0.3, 0.4) is 0 Å². The Kier molecular flexibility index (Phi) is 8.75. The van der Waals surface area contributed by atoms with Gasteiger partial charge in [0, 0.05) is 30.2 Å². The molecule has 2 aromatic carbocycles. The topological polar surface area (TPSA) is 77.9 Å². The summed E-state index contributed by atoms with van der Waals surface area (Å²) in [6, 6.07) is 17.7. The number of aliphatic hydroxyl groups is 2. The van der Waals surface area contributed by atoms with Gasteiger partial charge in [0.1, 0.15) is 5.75 Å². The van der Waals surface area contributed by atoms with Crippen molar-refractivity contribution in [3.8, 4) is 5.75 Å². The molecule has 3 aliphatic rings. The van der Waals surface area contributed by atoms with Crippen molar-refractivity contribution >= 4 is 10.9 Å². The fourth-order valence-corrected chi connectivity index (χ4v) is 5.54. The van der Waals surface area contributed by atoms with E-state index in [2.05, 4.69) is 27.9 Å². The molecule has 3 aromatic rings. The molecule has 4 heterocycles. The summed E-state index contributed by atoms with van der Waals surface area (Å²) in [5.41, 5.74) is 2.80. The van der Waals surface area contributed by atoms with E-state index in [1.165, 1.54) is 6.42 Å². The molecule has 192 valence electrons. The molecule has 1 aromatic heterocycles. The number of methoxy groups -OCH3 is 1. The van der Waals surface area contributed by atoms with Crippen molar-refractivity contribution in [1.82, 2.24) is 15.2 Å². The van der Waals surface area contributed by atoms with Gasteiger partial charge in [0.05, 0.1) is 24.8 Å².